The first-order chi connectivity index (χ1) is 13.4. The van der Waals surface area contributed by atoms with Gasteiger partial charge in [-0.1, -0.05) is 18.2 Å². The van der Waals surface area contributed by atoms with Crippen LogP contribution < -0.4 is 20.7 Å². The smallest absolute Gasteiger partial charge is 0.263 e. The van der Waals surface area contributed by atoms with Crippen LogP contribution in [0.25, 0.3) is 6.08 Å². The van der Waals surface area contributed by atoms with E-state index in [-0.39, 0.29) is 17.3 Å². The number of amides is 3. The minimum Gasteiger partial charge on any atom is -0.484 e. The lowest BCUT2D eigenvalue weighted by molar-refractivity contribution is -0.123. The summed E-state index contributed by atoms with van der Waals surface area (Å²) >= 11 is 4.73. The first-order valence-corrected chi connectivity index (χ1v) is 8.48. The molecular formula is C19H14FN3O4S. The lowest BCUT2D eigenvalue weighted by Gasteiger charge is -2.16. The molecule has 3 N–H and O–H groups in total. The fourth-order valence-corrected chi connectivity index (χ4v) is 2.53. The number of carbonyl (C=O) groups is 3. The summed E-state index contributed by atoms with van der Waals surface area (Å²) in [6, 6.07) is 12.0. The second-order valence-corrected chi connectivity index (χ2v) is 6.12. The largest absolute Gasteiger partial charge is 0.484 e. The molecule has 1 aliphatic rings. The highest BCUT2D eigenvalue weighted by Gasteiger charge is 2.25. The van der Waals surface area contributed by atoms with Gasteiger partial charge in [0.25, 0.3) is 17.7 Å². The highest BCUT2D eigenvalue weighted by atomic mass is 32.1. The molecule has 3 rings (SSSR count). The minimum atomic E-state index is -0.580. The van der Waals surface area contributed by atoms with E-state index in [0.717, 1.165) is 0 Å². The zero-order valence-electron chi connectivity index (χ0n) is 14.3. The van der Waals surface area contributed by atoms with Crippen LogP contribution in [0.3, 0.4) is 0 Å². The fourth-order valence-electron chi connectivity index (χ4n) is 2.35. The van der Waals surface area contributed by atoms with E-state index in [1.54, 1.807) is 30.3 Å². The van der Waals surface area contributed by atoms with Crippen molar-refractivity contribution in [2.24, 2.45) is 0 Å². The summed E-state index contributed by atoms with van der Waals surface area (Å²) in [5, 5.41) is 7.18. The number of carbonyl (C=O) groups excluding carboxylic acids is 3. The molecule has 7 nitrogen and oxygen atoms in total. The van der Waals surface area contributed by atoms with E-state index in [0.29, 0.717) is 17.0 Å². The standard InChI is InChI=1S/C19H14FN3O4S/c20-12-2-1-3-13(9-12)21-16(24)10-27-14-6-4-11(5-7-14)8-15-17(25)22-19(28)23-18(15)26/h1-9H,10H2,(H,21,24)(H2,22,23,25,26,28). The molecule has 0 saturated carbocycles. The van der Waals surface area contributed by atoms with Crippen LogP contribution in [0.15, 0.2) is 54.1 Å². The second-order valence-electron chi connectivity index (χ2n) is 5.71. The molecule has 0 bridgehead atoms. The molecule has 0 aliphatic carbocycles. The Morgan fingerprint density at radius 3 is 2.43 bits per heavy atom. The molecule has 0 radical (unpaired) electrons. The SMILES string of the molecule is O=C(COc1ccc(C=C2C(=O)NC(=S)NC2=O)cc1)Nc1cccc(F)c1. The van der Waals surface area contributed by atoms with Gasteiger partial charge in [-0.3, -0.25) is 25.0 Å². The monoisotopic (exact) mass is 399 g/mol. The van der Waals surface area contributed by atoms with Crippen LogP contribution in [0.4, 0.5) is 10.1 Å². The number of hydrogen-bond acceptors (Lipinski definition) is 5. The number of hydrogen-bond donors (Lipinski definition) is 3. The number of halogens is 1. The van der Waals surface area contributed by atoms with Crippen molar-refractivity contribution in [2.45, 2.75) is 0 Å². The summed E-state index contributed by atoms with van der Waals surface area (Å²) in [5.74, 6) is -1.64. The van der Waals surface area contributed by atoms with Crippen molar-refractivity contribution in [3.8, 4) is 5.75 Å². The molecule has 2 aromatic carbocycles. The average molecular weight is 399 g/mol. The number of rotatable bonds is 5. The van der Waals surface area contributed by atoms with Crippen molar-refractivity contribution in [3.05, 3.63) is 65.5 Å². The Kier molecular flexibility index (Phi) is 5.75. The lowest BCUT2D eigenvalue weighted by Crippen LogP contribution is -2.51. The highest BCUT2D eigenvalue weighted by molar-refractivity contribution is 7.80. The van der Waals surface area contributed by atoms with Crippen molar-refractivity contribution >= 4 is 46.8 Å². The van der Waals surface area contributed by atoms with E-state index in [1.807, 2.05) is 0 Å². The van der Waals surface area contributed by atoms with Gasteiger partial charge >= 0.3 is 0 Å². The van der Waals surface area contributed by atoms with Gasteiger partial charge in [0.05, 0.1) is 0 Å². The third-order valence-corrected chi connectivity index (χ3v) is 3.82. The van der Waals surface area contributed by atoms with E-state index in [4.69, 9.17) is 17.0 Å². The Balaban J connectivity index is 1.58. The molecule has 1 saturated heterocycles. The van der Waals surface area contributed by atoms with Crippen LogP contribution in [0, 0.1) is 5.82 Å². The molecule has 1 fully saturated rings. The third-order valence-electron chi connectivity index (χ3n) is 3.61. The number of anilines is 1. The molecule has 1 heterocycles. The second kappa shape index (κ2) is 8.40. The van der Waals surface area contributed by atoms with Crippen molar-refractivity contribution in [1.29, 1.82) is 0 Å². The first kappa shape index (κ1) is 19.2. The van der Waals surface area contributed by atoms with E-state index in [1.165, 1.54) is 24.3 Å². The van der Waals surface area contributed by atoms with Gasteiger partial charge in [-0.2, -0.15) is 0 Å². The van der Waals surface area contributed by atoms with Crippen molar-refractivity contribution < 1.29 is 23.5 Å². The summed E-state index contributed by atoms with van der Waals surface area (Å²) < 4.78 is 18.5. The molecule has 28 heavy (non-hydrogen) atoms. The summed E-state index contributed by atoms with van der Waals surface area (Å²) in [4.78, 5) is 35.5. The zero-order chi connectivity index (χ0) is 20.1. The molecule has 1 aliphatic heterocycles. The molecule has 3 amide bonds. The molecule has 0 aromatic heterocycles. The van der Waals surface area contributed by atoms with Crippen LogP contribution in [0.5, 0.6) is 5.75 Å². The van der Waals surface area contributed by atoms with Crippen LogP contribution in [0.1, 0.15) is 5.56 Å². The third kappa shape index (κ3) is 4.98. The zero-order valence-corrected chi connectivity index (χ0v) is 15.1. The van der Waals surface area contributed by atoms with Crippen LogP contribution in [-0.4, -0.2) is 29.4 Å². The number of nitrogens with one attached hydrogen (secondary N) is 3. The van der Waals surface area contributed by atoms with E-state index in [2.05, 4.69) is 16.0 Å². The van der Waals surface area contributed by atoms with Gasteiger partial charge in [0.15, 0.2) is 11.7 Å². The Labute approximate surface area is 164 Å². The summed E-state index contributed by atoms with van der Waals surface area (Å²) in [5.41, 5.74) is 0.848. The quantitative estimate of drug-likeness (QED) is 0.405. The minimum absolute atomic E-state index is 0.0348. The topological polar surface area (TPSA) is 96.5 Å². The maximum absolute atomic E-state index is 13.1. The van der Waals surface area contributed by atoms with Gasteiger partial charge in [-0.05, 0) is 54.2 Å². The molecule has 9 heteroatoms. The molecule has 142 valence electrons. The van der Waals surface area contributed by atoms with E-state index in [9.17, 15) is 18.8 Å². The number of thiocarbonyl (C=S) groups is 1. The van der Waals surface area contributed by atoms with E-state index < -0.39 is 23.5 Å². The van der Waals surface area contributed by atoms with Gasteiger partial charge in [-0.15, -0.1) is 0 Å². The van der Waals surface area contributed by atoms with Crippen molar-refractivity contribution in [2.75, 3.05) is 11.9 Å². The van der Waals surface area contributed by atoms with Crippen LogP contribution >= 0.6 is 12.2 Å². The van der Waals surface area contributed by atoms with E-state index >= 15 is 0 Å². The Morgan fingerprint density at radius 2 is 1.79 bits per heavy atom. The van der Waals surface area contributed by atoms with Gasteiger partial charge in [0, 0.05) is 5.69 Å². The molecule has 0 atom stereocenters. The Morgan fingerprint density at radius 1 is 1.11 bits per heavy atom. The Bertz CT molecular complexity index is 967. The Hall–Kier alpha value is -3.59. The van der Waals surface area contributed by atoms with Crippen LogP contribution in [-0.2, 0) is 14.4 Å². The maximum Gasteiger partial charge on any atom is 0.263 e. The normalized spacial score (nSPS) is 13.5. The summed E-state index contributed by atoms with van der Waals surface area (Å²) in [7, 11) is 0. The van der Waals surface area contributed by atoms with Gasteiger partial charge in [0.1, 0.15) is 17.1 Å². The van der Waals surface area contributed by atoms with Gasteiger partial charge in [0.2, 0.25) is 0 Å². The average Bonchev–Trinajstić information content (AvgIpc) is 2.64. The maximum atomic E-state index is 13.1. The predicted molar refractivity (Wildman–Crippen MR) is 104 cm³/mol. The first-order valence-electron chi connectivity index (χ1n) is 8.07. The van der Waals surface area contributed by atoms with Crippen molar-refractivity contribution in [1.82, 2.24) is 10.6 Å². The predicted octanol–water partition coefficient (Wildman–Crippen LogP) is 1.76. The summed E-state index contributed by atoms with van der Waals surface area (Å²) in [6.45, 7) is -0.265. The molecule has 0 spiro atoms. The lowest BCUT2D eigenvalue weighted by atomic mass is 10.1. The fraction of sp³-hybridized carbons (Fsp3) is 0.0526. The van der Waals surface area contributed by atoms with Crippen molar-refractivity contribution in [3.63, 3.8) is 0 Å². The van der Waals surface area contributed by atoms with Gasteiger partial charge < -0.3 is 10.1 Å². The number of ether oxygens (including phenoxy) is 1. The number of benzene rings is 2. The summed E-state index contributed by atoms with van der Waals surface area (Å²) in [6.07, 6.45) is 1.41. The van der Waals surface area contributed by atoms with Gasteiger partial charge in [-0.25, -0.2) is 4.39 Å². The molecule has 2 aromatic rings. The molecular weight excluding hydrogens is 385 g/mol. The van der Waals surface area contributed by atoms with Crippen LogP contribution in [0.2, 0.25) is 0 Å². The molecule has 0 unspecified atom stereocenters. The highest BCUT2D eigenvalue weighted by Crippen LogP contribution is 2.16.